The van der Waals surface area contributed by atoms with Crippen LogP contribution in [0.3, 0.4) is 0 Å². The second kappa shape index (κ2) is 6.21. The van der Waals surface area contributed by atoms with Gasteiger partial charge in [0.25, 0.3) is 0 Å². The molecule has 2 rings (SSSR count). The van der Waals surface area contributed by atoms with Crippen molar-refractivity contribution in [3.8, 4) is 0 Å². The fourth-order valence-corrected chi connectivity index (χ4v) is 2.86. The number of pyridine rings is 1. The molecule has 0 fully saturated rings. The quantitative estimate of drug-likeness (QED) is 0.480. The Kier molecular flexibility index (Phi) is 4.58. The second-order valence-corrected chi connectivity index (χ2v) is 5.61. The first-order chi connectivity index (χ1) is 9.52. The number of esters is 1. The van der Waals surface area contributed by atoms with Crippen LogP contribution in [0.15, 0.2) is 24.3 Å². The van der Waals surface area contributed by atoms with E-state index in [1.807, 2.05) is 13.8 Å². The highest BCUT2D eigenvalue weighted by atomic mass is 16.5. The molecule has 0 aliphatic heterocycles. The molecule has 0 spiro atoms. The summed E-state index contributed by atoms with van der Waals surface area (Å²) in [4.78, 5) is 16.5. The summed E-state index contributed by atoms with van der Waals surface area (Å²) in [5.41, 5.74) is 4.05. The maximum absolute atomic E-state index is 11.9. The molecule has 3 heteroatoms. The zero-order chi connectivity index (χ0) is 14.7. The van der Waals surface area contributed by atoms with E-state index in [1.165, 1.54) is 5.56 Å². The number of aryl methyl sites for hydroxylation is 1. The number of hydrogen-bond donors (Lipinski definition) is 0. The number of nitrogens with zero attached hydrogens (tertiary/aromatic N) is 1. The van der Waals surface area contributed by atoms with E-state index in [-0.39, 0.29) is 11.9 Å². The molecule has 0 bridgehead atoms. The Hall–Kier alpha value is -1.64. The highest BCUT2D eigenvalue weighted by Gasteiger charge is 2.27. The first kappa shape index (κ1) is 14.8. The molecule has 20 heavy (non-hydrogen) atoms. The fraction of sp³-hybridized carbons (Fsp3) is 0.529. The molecule has 0 unspecified atom stereocenters. The molecule has 0 aromatic carbocycles. The number of ether oxygens (including phenoxy) is 1. The Labute approximate surface area is 121 Å². The summed E-state index contributed by atoms with van der Waals surface area (Å²) in [6, 6.07) is 4.24. The van der Waals surface area contributed by atoms with Gasteiger partial charge in [0, 0.05) is 17.0 Å². The van der Waals surface area contributed by atoms with Crippen molar-refractivity contribution in [1.29, 1.82) is 0 Å². The third kappa shape index (κ3) is 3.09. The maximum atomic E-state index is 11.9. The van der Waals surface area contributed by atoms with Gasteiger partial charge in [0.1, 0.15) is 0 Å². The average molecular weight is 273 g/mol. The van der Waals surface area contributed by atoms with Crippen molar-refractivity contribution in [2.45, 2.75) is 46.0 Å². The molecule has 0 radical (unpaired) electrons. The average Bonchev–Trinajstić information content (AvgIpc) is 2.57. The van der Waals surface area contributed by atoms with Crippen LogP contribution in [0, 0.1) is 12.8 Å². The van der Waals surface area contributed by atoms with Crippen LogP contribution in [0.25, 0.3) is 0 Å². The van der Waals surface area contributed by atoms with E-state index in [0.29, 0.717) is 18.1 Å². The van der Waals surface area contributed by atoms with E-state index in [2.05, 4.69) is 30.6 Å². The van der Waals surface area contributed by atoms with Crippen molar-refractivity contribution in [3.63, 3.8) is 0 Å². The summed E-state index contributed by atoms with van der Waals surface area (Å²) >= 11 is 0. The molecule has 1 aliphatic carbocycles. The van der Waals surface area contributed by atoms with Crippen molar-refractivity contribution < 1.29 is 9.53 Å². The van der Waals surface area contributed by atoms with Crippen LogP contribution < -0.4 is 0 Å². The lowest BCUT2D eigenvalue weighted by molar-refractivity contribution is -0.139. The van der Waals surface area contributed by atoms with Crippen LogP contribution in [0.5, 0.6) is 0 Å². The topological polar surface area (TPSA) is 39.2 Å². The highest BCUT2D eigenvalue weighted by Crippen LogP contribution is 2.34. The van der Waals surface area contributed by atoms with E-state index < -0.39 is 0 Å². The lowest BCUT2D eigenvalue weighted by Crippen LogP contribution is -2.17. The summed E-state index contributed by atoms with van der Waals surface area (Å²) in [5.74, 6) is 0.367. The molecule has 0 amide bonds. The summed E-state index contributed by atoms with van der Waals surface area (Å²) < 4.78 is 5.08. The molecule has 0 saturated heterocycles. The lowest BCUT2D eigenvalue weighted by atomic mass is 9.91. The predicted octanol–water partition coefficient (Wildman–Crippen LogP) is 3.57. The van der Waals surface area contributed by atoms with Gasteiger partial charge in [-0.15, -0.1) is 0 Å². The number of aromatic nitrogens is 1. The van der Waals surface area contributed by atoms with Gasteiger partial charge < -0.3 is 4.74 Å². The first-order valence-corrected chi connectivity index (χ1v) is 7.35. The minimum absolute atomic E-state index is 0.145. The van der Waals surface area contributed by atoms with Crippen molar-refractivity contribution >= 4 is 5.97 Å². The first-order valence-electron chi connectivity index (χ1n) is 7.35. The second-order valence-electron chi connectivity index (χ2n) is 5.61. The molecule has 2 atom stereocenters. The summed E-state index contributed by atoms with van der Waals surface area (Å²) in [5, 5.41) is 0. The van der Waals surface area contributed by atoms with E-state index in [0.717, 1.165) is 30.7 Å². The Morgan fingerprint density at radius 1 is 1.45 bits per heavy atom. The molecule has 1 aliphatic rings. The van der Waals surface area contributed by atoms with Crippen LogP contribution in [-0.2, 0) is 16.0 Å². The van der Waals surface area contributed by atoms with Crippen LogP contribution in [0.4, 0.5) is 0 Å². The SMILES string of the molecule is C=C(C(=O)OCC)[C@@H]1CC[C@@H](C)c2ccc(C)nc2C1. The van der Waals surface area contributed by atoms with Gasteiger partial charge in [-0.2, -0.15) is 0 Å². The molecule has 1 aromatic rings. The Morgan fingerprint density at radius 3 is 2.90 bits per heavy atom. The molecule has 3 nitrogen and oxygen atoms in total. The Morgan fingerprint density at radius 2 is 2.20 bits per heavy atom. The molecule has 0 N–H and O–H groups in total. The van der Waals surface area contributed by atoms with E-state index in [4.69, 9.17) is 4.74 Å². The van der Waals surface area contributed by atoms with Crippen LogP contribution >= 0.6 is 0 Å². The summed E-state index contributed by atoms with van der Waals surface area (Å²) in [7, 11) is 0. The number of hydrogen-bond acceptors (Lipinski definition) is 3. The number of fused-ring (bicyclic) bond motifs is 1. The van der Waals surface area contributed by atoms with Crippen LogP contribution in [-0.4, -0.2) is 17.6 Å². The molecular weight excluding hydrogens is 250 g/mol. The van der Waals surface area contributed by atoms with E-state index >= 15 is 0 Å². The lowest BCUT2D eigenvalue weighted by Gasteiger charge is -2.16. The Bertz CT molecular complexity index is 522. The predicted molar refractivity (Wildman–Crippen MR) is 79.6 cm³/mol. The summed E-state index contributed by atoms with van der Waals surface area (Å²) in [6.45, 7) is 10.4. The van der Waals surface area contributed by atoms with Gasteiger partial charge in [0.2, 0.25) is 0 Å². The Balaban J connectivity index is 2.24. The van der Waals surface area contributed by atoms with Gasteiger partial charge in [0.15, 0.2) is 0 Å². The van der Waals surface area contributed by atoms with Crippen LogP contribution in [0.2, 0.25) is 0 Å². The van der Waals surface area contributed by atoms with Gasteiger partial charge >= 0.3 is 5.97 Å². The molecule has 1 aromatic heterocycles. The van der Waals surface area contributed by atoms with Crippen molar-refractivity contribution in [1.82, 2.24) is 4.98 Å². The number of carbonyl (C=O) groups is 1. The van der Waals surface area contributed by atoms with E-state index in [1.54, 1.807) is 0 Å². The van der Waals surface area contributed by atoms with Crippen molar-refractivity contribution in [2.24, 2.45) is 5.92 Å². The zero-order valence-electron chi connectivity index (χ0n) is 12.6. The van der Waals surface area contributed by atoms with E-state index in [9.17, 15) is 4.79 Å². The van der Waals surface area contributed by atoms with Gasteiger partial charge in [-0.25, -0.2) is 4.79 Å². The van der Waals surface area contributed by atoms with Crippen LogP contribution in [0.1, 0.15) is 49.6 Å². The minimum atomic E-state index is -0.263. The normalized spacial score (nSPS) is 21.8. The van der Waals surface area contributed by atoms with Crippen molar-refractivity contribution in [2.75, 3.05) is 6.61 Å². The molecule has 1 heterocycles. The minimum Gasteiger partial charge on any atom is -0.463 e. The molecule has 108 valence electrons. The maximum Gasteiger partial charge on any atom is 0.333 e. The van der Waals surface area contributed by atoms with Crippen molar-refractivity contribution in [3.05, 3.63) is 41.2 Å². The summed E-state index contributed by atoms with van der Waals surface area (Å²) in [6.07, 6.45) is 2.81. The standard InChI is InChI=1S/C17H23NO2/c1-5-20-17(19)13(4)14-8-6-11(2)15-9-7-12(3)18-16(15)10-14/h7,9,11,14H,4-6,8,10H2,1-3H3/t11-,14-/m1/s1. The highest BCUT2D eigenvalue weighted by molar-refractivity contribution is 5.88. The number of rotatable bonds is 3. The number of carbonyl (C=O) groups excluding carboxylic acids is 1. The smallest absolute Gasteiger partial charge is 0.333 e. The van der Waals surface area contributed by atoms with Gasteiger partial charge in [-0.1, -0.05) is 19.6 Å². The third-order valence-corrected chi connectivity index (χ3v) is 4.10. The molecule has 0 saturated carbocycles. The fourth-order valence-electron chi connectivity index (χ4n) is 2.86. The van der Waals surface area contributed by atoms with Gasteiger partial charge in [-0.05, 0) is 56.6 Å². The monoisotopic (exact) mass is 273 g/mol. The zero-order valence-corrected chi connectivity index (χ0v) is 12.6. The van der Waals surface area contributed by atoms with Gasteiger partial charge in [0.05, 0.1) is 6.61 Å². The molecular formula is C17H23NO2. The third-order valence-electron chi connectivity index (χ3n) is 4.10. The largest absolute Gasteiger partial charge is 0.463 e. The van der Waals surface area contributed by atoms with Gasteiger partial charge in [-0.3, -0.25) is 4.98 Å².